The molecular formula is C18H23ClN4O2. The number of rotatable bonds is 3. The van der Waals surface area contributed by atoms with Crippen molar-refractivity contribution in [1.29, 1.82) is 0 Å². The van der Waals surface area contributed by atoms with Gasteiger partial charge in [0.15, 0.2) is 0 Å². The summed E-state index contributed by atoms with van der Waals surface area (Å²) in [5.74, 6) is 0.0224. The van der Waals surface area contributed by atoms with Crippen LogP contribution in [-0.2, 0) is 5.60 Å². The second-order valence-electron chi connectivity index (χ2n) is 7.13. The molecule has 6 nitrogen and oxygen atoms in total. The van der Waals surface area contributed by atoms with Crippen molar-refractivity contribution in [3.63, 3.8) is 0 Å². The molecule has 0 spiro atoms. The first-order chi connectivity index (χ1) is 11.8. The number of likely N-dealkylation sites (tertiary alicyclic amines) is 1. The molecule has 3 rings (SSSR count). The zero-order chi connectivity index (χ0) is 18.2. The van der Waals surface area contributed by atoms with Crippen molar-refractivity contribution in [2.75, 3.05) is 13.1 Å². The molecule has 1 aliphatic heterocycles. The predicted molar refractivity (Wildman–Crippen MR) is 95.6 cm³/mol. The topological polar surface area (TPSA) is 71.2 Å². The minimum absolute atomic E-state index is 0.0224. The molecule has 0 unspecified atom stereocenters. The van der Waals surface area contributed by atoms with Crippen molar-refractivity contribution in [1.82, 2.24) is 19.9 Å². The van der Waals surface area contributed by atoms with E-state index in [9.17, 15) is 9.90 Å². The largest absolute Gasteiger partial charge is 0.384 e. The van der Waals surface area contributed by atoms with Gasteiger partial charge in [-0.1, -0.05) is 22.9 Å². The van der Waals surface area contributed by atoms with Gasteiger partial charge in [-0.3, -0.25) is 4.79 Å². The zero-order valence-corrected chi connectivity index (χ0v) is 15.5. The summed E-state index contributed by atoms with van der Waals surface area (Å²) >= 11 is 6.03. The molecule has 1 aromatic heterocycles. The monoisotopic (exact) mass is 362 g/mol. The number of carbonyl (C=O) groups is 1. The second-order valence-corrected chi connectivity index (χ2v) is 7.56. The highest BCUT2D eigenvalue weighted by Gasteiger charge is 2.28. The Labute approximate surface area is 152 Å². The first-order valence-electron chi connectivity index (χ1n) is 8.46. The molecule has 134 valence electrons. The molecule has 0 bridgehead atoms. The molecule has 2 heterocycles. The van der Waals surface area contributed by atoms with Gasteiger partial charge in [-0.15, -0.1) is 5.10 Å². The molecule has 1 saturated heterocycles. The molecule has 1 aromatic carbocycles. The number of hydrogen-bond donors (Lipinski definition) is 1. The Morgan fingerprint density at radius 3 is 2.60 bits per heavy atom. The molecule has 0 radical (unpaired) electrons. The smallest absolute Gasteiger partial charge is 0.254 e. The minimum Gasteiger partial charge on any atom is -0.384 e. The summed E-state index contributed by atoms with van der Waals surface area (Å²) in [6.07, 6.45) is 3.41. The Bertz CT molecular complexity index is 774. The third-order valence-corrected chi connectivity index (χ3v) is 4.93. The highest BCUT2D eigenvalue weighted by Crippen LogP contribution is 2.26. The van der Waals surface area contributed by atoms with E-state index in [-0.39, 0.29) is 11.9 Å². The van der Waals surface area contributed by atoms with Gasteiger partial charge in [-0.05, 0) is 51.3 Å². The number of aliphatic hydroxyl groups is 1. The number of benzene rings is 1. The van der Waals surface area contributed by atoms with Gasteiger partial charge in [0.25, 0.3) is 5.91 Å². The van der Waals surface area contributed by atoms with Gasteiger partial charge >= 0.3 is 0 Å². The van der Waals surface area contributed by atoms with Crippen molar-refractivity contribution in [2.45, 2.75) is 45.3 Å². The van der Waals surface area contributed by atoms with Crippen LogP contribution in [0.15, 0.2) is 24.4 Å². The number of piperidine rings is 1. The summed E-state index contributed by atoms with van der Waals surface area (Å²) in [5.41, 5.74) is 1.15. The van der Waals surface area contributed by atoms with Crippen LogP contribution in [0, 0.1) is 6.92 Å². The Morgan fingerprint density at radius 2 is 2.00 bits per heavy atom. The van der Waals surface area contributed by atoms with Crippen LogP contribution in [0.1, 0.15) is 54.3 Å². The first-order valence-corrected chi connectivity index (χ1v) is 8.83. The molecule has 0 atom stereocenters. The standard InChI is InChI=1S/C18H23ClN4O2/c1-12-4-5-13(19)10-15(12)17(24)22-8-6-14(7-9-22)23-11-16(20-21-23)18(2,3)25/h4-5,10-11,14,25H,6-9H2,1-3H3. The first kappa shape index (κ1) is 17.9. The number of carbonyl (C=O) groups excluding carboxylic acids is 1. The quantitative estimate of drug-likeness (QED) is 0.911. The number of hydrogen-bond acceptors (Lipinski definition) is 4. The fourth-order valence-electron chi connectivity index (χ4n) is 3.06. The van der Waals surface area contributed by atoms with Crippen molar-refractivity contribution in [2.24, 2.45) is 0 Å². The Kier molecular flexibility index (Phi) is 4.84. The third kappa shape index (κ3) is 3.85. The van der Waals surface area contributed by atoms with E-state index in [4.69, 9.17) is 11.6 Å². The van der Waals surface area contributed by atoms with Gasteiger partial charge < -0.3 is 10.0 Å². The van der Waals surface area contributed by atoms with Gasteiger partial charge in [0.05, 0.1) is 12.2 Å². The maximum atomic E-state index is 12.8. The van der Waals surface area contributed by atoms with E-state index in [1.165, 1.54) is 0 Å². The number of halogens is 1. The van der Waals surface area contributed by atoms with E-state index in [2.05, 4.69) is 10.3 Å². The molecular weight excluding hydrogens is 340 g/mol. The number of aromatic nitrogens is 3. The predicted octanol–water partition coefficient (Wildman–Crippen LogP) is 2.94. The number of amides is 1. The number of nitrogens with zero attached hydrogens (tertiary/aromatic N) is 4. The highest BCUT2D eigenvalue weighted by molar-refractivity contribution is 6.31. The zero-order valence-electron chi connectivity index (χ0n) is 14.7. The summed E-state index contributed by atoms with van der Waals surface area (Å²) in [7, 11) is 0. The lowest BCUT2D eigenvalue weighted by molar-refractivity contribution is 0.0688. The van der Waals surface area contributed by atoms with Crippen LogP contribution in [0.4, 0.5) is 0 Å². The molecule has 7 heteroatoms. The lowest BCUT2D eigenvalue weighted by atomic mass is 10.0. The van der Waals surface area contributed by atoms with Gasteiger partial charge in [0, 0.05) is 23.7 Å². The van der Waals surface area contributed by atoms with Crippen LogP contribution >= 0.6 is 11.6 Å². The highest BCUT2D eigenvalue weighted by atomic mass is 35.5. The van der Waals surface area contributed by atoms with E-state index in [1.807, 2.05) is 17.9 Å². The van der Waals surface area contributed by atoms with E-state index in [0.717, 1.165) is 18.4 Å². The Balaban J connectivity index is 1.66. The molecule has 1 aliphatic rings. The SMILES string of the molecule is Cc1ccc(Cl)cc1C(=O)N1CCC(n2cc(C(C)(C)O)nn2)CC1. The van der Waals surface area contributed by atoms with E-state index < -0.39 is 5.60 Å². The molecule has 25 heavy (non-hydrogen) atoms. The lowest BCUT2D eigenvalue weighted by Crippen LogP contribution is -2.39. The van der Waals surface area contributed by atoms with E-state index in [1.54, 1.807) is 36.9 Å². The fourth-order valence-corrected chi connectivity index (χ4v) is 3.24. The fraction of sp³-hybridized carbons (Fsp3) is 0.500. The molecule has 2 aromatic rings. The van der Waals surface area contributed by atoms with Crippen LogP contribution in [0.3, 0.4) is 0 Å². The minimum atomic E-state index is -1.00. The van der Waals surface area contributed by atoms with Crippen LogP contribution in [-0.4, -0.2) is 44.0 Å². The van der Waals surface area contributed by atoms with Crippen molar-refractivity contribution < 1.29 is 9.90 Å². The van der Waals surface area contributed by atoms with Crippen LogP contribution in [0.2, 0.25) is 5.02 Å². The van der Waals surface area contributed by atoms with Crippen LogP contribution in [0.25, 0.3) is 0 Å². The van der Waals surface area contributed by atoms with Crippen molar-refractivity contribution in [3.8, 4) is 0 Å². The van der Waals surface area contributed by atoms with Crippen molar-refractivity contribution >= 4 is 17.5 Å². The van der Waals surface area contributed by atoms with Crippen LogP contribution < -0.4 is 0 Å². The molecule has 1 fully saturated rings. The molecule has 0 aliphatic carbocycles. The number of aryl methyl sites for hydroxylation is 1. The van der Waals surface area contributed by atoms with Gasteiger partial charge in [-0.25, -0.2) is 4.68 Å². The summed E-state index contributed by atoms with van der Waals surface area (Å²) in [6.45, 7) is 6.62. The Hall–Kier alpha value is -1.92. The van der Waals surface area contributed by atoms with Crippen LogP contribution in [0.5, 0.6) is 0 Å². The van der Waals surface area contributed by atoms with Gasteiger partial charge in [0.1, 0.15) is 11.3 Å². The third-order valence-electron chi connectivity index (χ3n) is 4.69. The van der Waals surface area contributed by atoms with E-state index >= 15 is 0 Å². The molecule has 1 N–H and O–H groups in total. The Morgan fingerprint density at radius 1 is 1.32 bits per heavy atom. The average Bonchev–Trinajstić information content (AvgIpc) is 3.07. The van der Waals surface area contributed by atoms with Gasteiger partial charge in [0.2, 0.25) is 0 Å². The van der Waals surface area contributed by atoms with Crippen molar-refractivity contribution in [3.05, 3.63) is 46.2 Å². The lowest BCUT2D eigenvalue weighted by Gasteiger charge is -2.32. The van der Waals surface area contributed by atoms with E-state index in [0.29, 0.717) is 29.4 Å². The summed E-state index contributed by atoms with van der Waals surface area (Å²) in [6, 6.07) is 5.59. The average molecular weight is 363 g/mol. The summed E-state index contributed by atoms with van der Waals surface area (Å²) in [5, 5.41) is 18.8. The second kappa shape index (κ2) is 6.77. The normalized spacial score (nSPS) is 16.3. The molecule has 1 amide bonds. The van der Waals surface area contributed by atoms with Gasteiger partial charge in [-0.2, -0.15) is 0 Å². The summed E-state index contributed by atoms with van der Waals surface area (Å²) in [4.78, 5) is 14.6. The maximum Gasteiger partial charge on any atom is 0.254 e. The summed E-state index contributed by atoms with van der Waals surface area (Å²) < 4.78 is 1.81. The maximum absolute atomic E-state index is 12.8. The molecule has 0 saturated carbocycles.